The van der Waals surface area contributed by atoms with Crippen LogP contribution >= 0.6 is 0 Å². The van der Waals surface area contributed by atoms with Gasteiger partial charge in [0.15, 0.2) is 0 Å². The Kier molecular flexibility index (Phi) is 7.25. The standard InChI is InChI=1S/C26H30N4O4/c1-19-8-9-21(18-23(19)34-2)26(33)29-16-14-28(15-17-29)24(31)10-11-25(32)30-13-12-22(27-30)20-6-4-3-5-7-20/h3-9,18H,10-17H2,1-2H3. The highest BCUT2D eigenvalue weighted by atomic mass is 16.5. The maximum Gasteiger partial charge on any atom is 0.254 e. The number of ether oxygens (including phenoxy) is 1. The zero-order valence-corrected chi connectivity index (χ0v) is 19.7. The molecule has 0 atom stereocenters. The molecule has 2 aromatic rings. The molecule has 8 nitrogen and oxygen atoms in total. The summed E-state index contributed by atoms with van der Waals surface area (Å²) in [5.41, 5.74) is 3.46. The molecule has 4 rings (SSSR count). The highest BCUT2D eigenvalue weighted by molar-refractivity contribution is 6.02. The molecule has 178 valence electrons. The third kappa shape index (κ3) is 5.27. The van der Waals surface area contributed by atoms with E-state index < -0.39 is 0 Å². The van der Waals surface area contributed by atoms with E-state index in [-0.39, 0.29) is 30.6 Å². The monoisotopic (exact) mass is 462 g/mol. The number of hydrogen-bond acceptors (Lipinski definition) is 5. The van der Waals surface area contributed by atoms with Crippen molar-refractivity contribution in [3.8, 4) is 5.75 Å². The molecular formula is C26H30N4O4. The Morgan fingerprint density at radius 2 is 1.56 bits per heavy atom. The van der Waals surface area contributed by atoms with Crippen LogP contribution in [0.1, 0.15) is 40.7 Å². The molecule has 8 heteroatoms. The SMILES string of the molecule is COc1cc(C(=O)N2CCN(C(=O)CCC(=O)N3CCC(c4ccccc4)=N3)CC2)ccc1C. The van der Waals surface area contributed by atoms with Crippen LogP contribution in [0.2, 0.25) is 0 Å². The van der Waals surface area contributed by atoms with E-state index in [4.69, 9.17) is 4.74 Å². The van der Waals surface area contributed by atoms with Gasteiger partial charge in [0.2, 0.25) is 11.8 Å². The molecule has 2 heterocycles. The summed E-state index contributed by atoms with van der Waals surface area (Å²) >= 11 is 0. The zero-order valence-electron chi connectivity index (χ0n) is 19.7. The molecule has 1 fully saturated rings. The molecule has 2 aliphatic rings. The van der Waals surface area contributed by atoms with Crippen molar-refractivity contribution in [3.63, 3.8) is 0 Å². The van der Waals surface area contributed by atoms with Gasteiger partial charge in [-0.3, -0.25) is 14.4 Å². The summed E-state index contributed by atoms with van der Waals surface area (Å²) in [4.78, 5) is 41.6. The Morgan fingerprint density at radius 3 is 2.26 bits per heavy atom. The molecular weight excluding hydrogens is 432 g/mol. The van der Waals surface area contributed by atoms with E-state index in [2.05, 4.69) is 5.10 Å². The summed E-state index contributed by atoms with van der Waals surface area (Å²) < 4.78 is 5.32. The quantitative estimate of drug-likeness (QED) is 0.661. The van der Waals surface area contributed by atoms with Crippen LogP contribution in [0.3, 0.4) is 0 Å². The lowest BCUT2D eigenvalue weighted by Crippen LogP contribution is -2.50. The molecule has 3 amide bonds. The molecule has 0 spiro atoms. The number of aryl methyl sites for hydroxylation is 1. The van der Waals surface area contributed by atoms with Crippen molar-refractivity contribution in [2.45, 2.75) is 26.2 Å². The molecule has 0 N–H and O–H groups in total. The number of hydrogen-bond donors (Lipinski definition) is 0. The van der Waals surface area contributed by atoms with E-state index >= 15 is 0 Å². The Labute approximate surface area is 199 Å². The molecule has 0 bridgehead atoms. The van der Waals surface area contributed by atoms with Crippen molar-refractivity contribution in [1.29, 1.82) is 0 Å². The van der Waals surface area contributed by atoms with Crippen LogP contribution in [0.5, 0.6) is 5.75 Å². The number of hydrazone groups is 1. The molecule has 0 aromatic heterocycles. The first-order valence-corrected chi connectivity index (χ1v) is 11.6. The molecule has 0 radical (unpaired) electrons. The van der Waals surface area contributed by atoms with E-state index in [1.54, 1.807) is 29.0 Å². The summed E-state index contributed by atoms with van der Waals surface area (Å²) in [5.74, 6) is 0.412. The van der Waals surface area contributed by atoms with Gasteiger partial charge in [-0.15, -0.1) is 0 Å². The van der Waals surface area contributed by atoms with Crippen LogP contribution < -0.4 is 4.74 Å². The summed E-state index contributed by atoms with van der Waals surface area (Å²) in [7, 11) is 1.59. The van der Waals surface area contributed by atoms with Gasteiger partial charge in [0.05, 0.1) is 19.4 Å². The highest BCUT2D eigenvalue weighted by Crippen LogP contribution is 2.21. The fourth-order valence-corrected chi connectivity index (χ4v) is 4.27. The molecule has 0 unspecified atom stereocenters. The number of carbonyl (C=O) groups is 3. The van der Waals surface area contributed by atoms with E-state index in [1.807, 2.05) is 43.3 Å². The summed E-state index contributed by atoms with van der Waals surface area (Å²) in [6, 6.07) is 15.2. The summed E-state index contributed by atoms with van der Waals surface area (Å²) in [6.45, 7) is 4.32. The summed E-state index contributed by atoms with van der Waals surface area (Å²) in [5, 5.41) is 5.92. The maximum atomic E-state index is 12.9. The van der Waals surface area contributed by atoms with Crippen LogP contribution in [0.4, 0.5) is 0 Å². The average molecular weight is 463 g/mol. The third-order valence-corrected chi connectivity index (χ3v) is 6.32. The number of nitrogens with zero attached hydrogens (tertiary/aromatic N) is 4. The number of piperazine rings is 1. The van der Waals surface area contributed by atoms with Crippen molar-refractivity contribution in [2.24, 2.45) is 5.10 Å². The lowest BCUT2D eigenvalue weighted by Gasteiger charge is -2.35. The fraction of sp³-hybridized carbons (Fsp3) is 0.385. The van der Waals surface area contributed by atoms with Crippen molar-refractivity contribution in [3.05, 3.63) is 65.2 Å². The first-order valence-electron chi connectivity index (χ1n) is 11.6. The van der Waals surface area contributed by atoms with Crippen LogP contribution in [0.25, 0.3) is 0 Å². The van der Waals surface area contributed by atoms with Crippen molar-refractivity contribution in [2.75, 3.05) is 39.8 Å². The largest absolute Gasteiger partial charge is 0.496 e. The van der Waals surface area contributed by atoms with Gasteiger partial charge in [0.1, 0.15) is 5.75 Å². The highest BCUT2D eigenvalue weighted by Gasteiger charge is 2.27. The Bertz CT molecular complexity index is 1090. The van der Waals surface area contributed by atoms with Crippen molar-refractivity contribution >= 4 is 23.4 Å². The zero-order chi connectivity index (χ0) is 24.1. The minimum absolute atomic E-state index is 0.0658. The van der Waals surface area contributed by atoms with Gasteiger partial charge in [0, 0.05) is 51.0 Å². The van der Waals surface area contributed by atoms with Gasteiger partial charge in [0.25, 0.3) is 5.91 Å². The van der Waals surface area contributed by atoms with Gasteiger partial charge in [-0.1, -0.05) is 36.4 Å². The summed E-state index contributed by atoms with van der Waals surface area (Å²) in [6.07, 6.45) is 0.994. The predicted molar refractivity (Wildman–Crippen MR) is 129 cm³/mol. The van der Waals surface area contributed by atoms with E-state index in [9.17, 15) is 14.4 Å². The number of methoxy groups -OCH3 is 1. The molecule has 2 aliphatic heterocycles. The Morgan fingerprint density at radius 1 is 0.882 bits per heavy atom. The van der Waals surface area contributed by atoms with Crippen LogP contribution in [0.15, 0.2) is 53.6 Å². The second-order valence-electron chi connectivity index (χ2n) is 8.54. The van der Waals surface area contributed by atoms with E-state index in [0.717, 1.165) is 16.8 Å². The molecule has 2 aromatic carbocycles. The van der Waals surface area contributed by atoms with Crippen LogP contribution in [-0.2, 0) is 9.59 Å². The molecule has 1 saturated heterocycles. The lowest BCUT2D eigenvalue weighted by molar-refractivity contribution is -0.137. The minimum Gasteiger partial charge on any atom is -0.496 e. The van der Waals surface area contributed by atoms with Crippen LogP contribution in [-0.4, -0.2) is 78.1 Å². The van der Waals surface area contributed by atoms with Gasteiger partial charge >= 0.3 is 0 Å². The average Bonchev–Trinajstić information content (AvgIpc) is 3.38. The van der Waals surface area contributed by atoms with Gasteiger partial charge < -0.3 is 14.5 Å². The lowest BCUT2D eigenvalue weighted by atomic mass is 10.1. The van der Waals surface area contributed by atoms with Gasteiger partial charge in [-0.05, 0) is 30.2 Å². The van der Waals surface area contributed by atoms with E-state index in [1.165, 1.54) is 5.01 Å². The molecule has 34 heavy (non-hydrogen) atoms. The number of amides is 3. The number of rotatable bonds is 6. The topological polar surface area (TPSA) is 82.5 Å². The van der Waals surface area contributed by atoms with Gasteiger partial charge in [-0.25, -0.2) is 5.01 Å². The van der Waals surface area contributed by atoms with Crippen LogP contribution in [0, 0.1) is 6.92 Å². The molecule has 0 saturated carbocycles. The molecule has 0 aliphatic carbocycles. The number of carbonyl (C=O) groups excluding carboxylic acids is 3. The number of benzene rings is 2. The Hall–Kier alpha value is -3.68. The predicted octanol–water partition coefficient (Wildman–Crippen LogP) is 2.70. The third-order valence-electron chi connectivity index (χ3n) is 6.32. The second kappa shape index (κ2) is 10.5. The second-order valence-corrected chi connectivity index (χ2v) is 8.54. The van der Waals surface area contributed by atoms with E-state index in [0.29, 0.717) is 50.5 Å². The van der Waals surface area contributed by atoms with Crippen molar-refractivity contribution < 1.29 is 19.1 Å². The first-order chi connectivity index (χ1) is 16.5. The maximum absolute atomic E-state index is 12.9. The first kappa shape index (κ1) is 23.5. The Balaban J connectivity index is 1.24. The van der Waals surface area contributed by atoms with Gasteiger partial charge in [-0.2, -0.15) is 5.10 Å². The fourth-order valence-electron chi connectivity index (χ4n) is 4.27. The minimum atomic E-state index is -0.138. The smallest absolute Gasteiger partial charge is 0.254 e. The van der Waals surface area contributed by atoms with Crippen molar-refractivity contribution in [1.82, 2.24) is 14.8 Å². The normalized spacial score (nSPS) is 15.8.